The van der Waals surface area contributed by atoms with Gasteiger partial charge >= 0.3 is 6.09 Å². The zero-order chi connectivity index (χ0) is 29.1. The zero-order valence-corrected chi connectivity index (χ0v) is 23.7. The van der Waals surface area contributed by atoms with Crippen LogP contribution in [0.5, 0.6) is 0 Å². The van der Waals surface area contributed by atoms with Gasteiger partial charge in [-0.2, -0.15) is 0 Å². The molecule has 4 aromatic rings. The van der Waals surface area contributed by atoms with Crippen molar-refractivity contribution in [2.24, 2.45) is 0 Å². The van der Waals surface area contributed by atoms with E-state index in [4.69, 9.17) is 4.74 Å². The van der Waals surface area contributed by atoms with E-state index >= 15 is 0 Å². The van der Waals surface area contributed by atoms with Crippen molar-refractivity contribution in [2.75, 3.05) is 11.9 Å². The average Bonchev–Trinajstić information content (AvgIpc) is 3.36. The molecular weight excluding hydrogens is 520 g/mol. The highest BCUT2D eigenvalue weighted by Crippen LogP contribution is 2.13. The highest BCUT2D eigenvalue weighted by molar-refractivity contribution is 5.90. The van der Waals surface area contributed by atoms with E-state index in [1.54, 1.807) is 18.6 Å². The molecule has 0 atom stereocenters. The fraction of sp³-hybridized carbons (Fsp3) is 0.333. The van der Waals surface area contributed by atoms with E-state index in [1.165, 1.54) is 4.68 Å². The molecule has 0 radical (unpaired) electrons. The normalized spacial score (nSPS) is 11.3. The molecule has 3 heterocycles. The zero-order valence-electron chi connectivity index (χ0n) is 23.7. The van der Waals surface area contributed by atoms with Gasteiger partial charge in [0.1, 0.15) is 12.1 Å². The SMILES string of the molecule is CC(C)(C)OC(=O)NCCc1ccc(NC(=O)Cn2cc(CN(Cc3ccccn3)Cc3ccccn3)nn2)cc1. The van der Waals surface area contributed by atoms with Crippen LogP contribution in [0.3, 0.4) is 0 Å². The summed E-state index contributed by atoms with van der Waals surface area (Å²) in [5.41, 5.74) is 3.81. The smallest absolute Gasteiger partial charge is 0.407 e. The number of benzene rings is 1. The van der Waals surface area contributed by atoms with Gasteiger partial charge in [0.25, 0.3) is 0 Å². The highest BCUT2D eigenvalue weighted by Gasteiger charge is 2.16. The molecule has 0 spiro atoms. The summed E-state index contributed by atoms with van der Waals surface area (Å²) in [4.78, 5) is 35.5. The Morgan fingerprint density at radius 3 is 2.10 bits per heavy atom. The summed E-state index contributed by atoms with van der Waals surface area (Å²) < 4.78 is 6.77. The average molecular weight is 557 g/mol. The van der Waals surface area contributed by atoms with Crippen LogP contribution in [0.25, 0.3) is 0 Å². The summed E-state index contributed by atoms with van der Waals surface area (Å²) in [7, 11) is 0. The predicted octanol–water partition coefficient (Wildman–Crippen LogP) is 3.98. The molecule has 11 nitrogen and oxygen atoms in total. The Morgan fingerprint density at radius 1 is 0.878 bits per heavy atom. The van der Waals surface area contributed by atoms with Gasteiger partial charge in [0.05, 0.1) is 23.3 Å². The van der Waals surface area contributed by atoms with Crippen LogP contribution in [0, 0.1) is 0 Å². The van der Waals surface area contributed by atoms with Crippen molar-refractivity contribution >= 4 is 17.7 Å². The Labute approximate surface area is 240 Å². The first-order chi connectivity index (χ1) is 19.7. The number of nitrogens with one attached hydrogen (secondary N) is 2. The number of aromatic nitrogens is 5. The van der Waals surface area contributed by atoms with Crippen LogP contribution in [-0.4, -0.2) is 54.0 Å². The van der Waals surface area contributed by atoms with E-state index in [-0.39, 0.29) is 12.5 Å². The van der Waals surface area contributed by atoms with Crippen LogP contribution in [0.1, 0.15) is 43.4 Å². The van der Waals surface area contributed by atoms with Gasteiger partial charge in [-0.05, 0) is 69.2 Å². The van der Waals surface area contributed by atoms with Gasteiger partial charge in [0.2, 0.25) is 5.91 Å². The Hall–Kier alpha value is -4.64. The van der Waals surface area contributed by atoms with Gasteiger partial charge in [-0.1, -0.05) is 29.5 Å². The molecule has 0 aliphatic heterocycles. The maximum absolute atomic E-state index is 12.7. The number of ether oxygens (including phenoxy) is 1. The molecule has 1 aromatic carbocycles. The molecule has 2 N–H and O–H groups in total. The second-order valence-electron chi connectivity index (χ2n) is 10.6. The lowest BCUT2D eigenvalue weighted by Crippen LogP contribution is -2.33. The van der Waals surface area contributed by atoms with E-state index in [0.717, 1.165) is 22.6 Å². The molecule has 0 aliphatic carbocycles. The number of nitrogens with zero attached hydrogens (tertiary/aromatic N) is 6. The molecule has 11 heteroatoms. The van der Waals surface area contributed by atoms with Gasteiger partial charge in [-0.15, -0.1) is 5.10 Å². The third kappa shape index (κ3) is 10.5. The molecule has 0 bridgehead atoms. The summed E-state index contributed by atoms with van der Waals surface area (Å²) in [5, 5.41) is 14.1. The Kier molecular flexibility index (Phi) is 10.1. The Balaban J connectivity index is 1.26. The van der Waals surface area contributed by atoms with Crippen molar-refractivity contribution in [1.82, 2.24) is 35.2 Å². The molecule has 0 fully saturated rings. The Bertz CT molecular complexity index is 1350. The monoisotopic (exact) mass is 556 g/mol. The van der Waals surface area contributed by atoms with Gasteiger partial charge in [0.15, 0.2) is 0 Å². The largest absolute Gasteiger partial charge is 0.444 e. The second-order valence-corrected chi connectivity index (χ2v) is 10.6. The number of alkyl carbamates (subject to hydrolysis) is 1. The van der Waals surface area contributed by atoms with E-state index in [9.17, 15) is 9.59 Å². The lowest BCUT2D eigenvalue weighted by molar-refractivity contribution is -0.116. The number of pyridine rings is 2. The fourth-order valence-corrected chi connectivity index (χ4v) is 4.05. The minimum atomic E-state index is -0.530. The van der Waals surface area contributed by atoms with Crippen molar-refractivity contribution in [3.05, 3.63) is 102 Å². The first kappa shape index (κ1) is 29.3. The number of anilines is 1. The molecule has 214 valence electrons. The summed E-state index contributed by atoms with van der Waals surface area (Å²) in [6, 6.07) is 19.2. The first-order valence-corrected chi connectivity index (χ1v) is 13.5. The van der Waals surface area contributed by atoms with E-state index in [2.05, 4.69) is 35.8 Å². The topological polar surface area (TPSA) is 127 Å². The molecule has 0 unspecified atom stereocenters. The van der Waals surface area contributed by atoms with Crippen molar-refractivity contribution in [3.63, 3.8) is 0 Å². The quantitative estimate of drug-likeness (QED) is 0.268. The maximum atomic E-state index is 12.7. The summed E-state index contributed by atoms with van der Waals surface area (Å²) in [6.45, 7) is 7.74. The molecule has 4 rings (SSSR count). The lowest BCUT2D eigenvalue weighted by atomic mass is 10.1. The number of rotatable bonds is 12. The van der Waals surface area contributed by atoms with Crippen molar-refractivity contribution in [1.29, 1.82) is 0 Å². The molecule has 3 aromatic heterocycles. The van der Waals surface area contributed by atoms with E-state index in [0.29, 0.717) is 38.3 Å². The van der Waals surface area contributed by atoms with Crippen molar-refractivity contribution in [2.45, 2.75) is 59.0 Å². The van der Waals surface area contributed by atoms with Gasteiger partial charge < -0.3 is 15.4 Å². The van der Waals surface area contributed by atoms with Crippen LogP contribution >= 0.6 is 0 Å². The molecule has 0 saturated heterocycles. The molecule has 41 heavy (non-hydrogen) atoms. The maximum Gasteiger partial charge on any atom is 0.407 e. The third-order valence-corrected chi connectivity index (χ3v) is 5.82. The number of hydrogen-bond acceptors (Lipinski definition) is 8. The van der Waals surface area contributed by atoms with Crippen LogP contribution in [0.4, 0.5) is 10.5 Å². The van der Waals surface area contributed by atoms with Crippen LogP contribution in [-0.2, 0) is 42.1 Å². The van der Waals surface area contributed by atoms with Gasteiger partial charge in [-0.25, -0.2) is 9.48 Å². The van der Waals surface area contributed by atoms with E-state index < -0.39 is 11.7 Å². The number of carbonyl (C=O) groups excluding carboxylic acids is 2. The highest BCUT2D eigenvalue weighted by atomic mass is 16.6. The summed E-state index contributed by atoms with van der Waals surface area (Å²) in [5.74, 6) is -0.209. The first-order valence-electron chi connectivity index (χ1n) is 13.5. The standard InChI is InChI=1S/C30H36N8O3/c1-30(2,3)41-29(40)33-17-14-23-10-12-24(13-11-23)34-28(39)22-38-21-27(35-36-38)20-37(18-25-8-4-6-15-31-25)19-26-9-5-7-16-32-26/h4-13,15-16,21H,14,17-20,22H2,1-3H3,(H,33,40)(H,34,39). The Morgan fingerprint density at radius 2 is 1.51 bits per heavy atom. The van der Waals surface area contributed by atoms with Gasteiger partial charge in [-0.3, -0.25) is 19.7 Å². The number of amides is 2. The number of carbonyl (C=O) groups is 2. The van der Waals surface area contributed by atoms with Crippen molar-refractivity contribution in [3.8, 4) is 0 Å². The molecular formula is C30H36N8O3. The summed E-state index contributed by atoms with van der Waals surface area (Å²) >= 11 is 0. The molecule has 0 aliphatic rings. The van der Waals surface area contributed by atoms with Crippen LogP contribution in [0.2, 0.25) is 0 Å². The minimum absolute atomic E-state index is 0.0367. The van der Waals surface area contributed by atoms with Crippen LogP contribution in [0.15, 0.2) is 79.3 Å². The van der Waals surface area contributed by atoms with Crippen LogP contribution < -0.4 is 10.6 Å². The molecule has 2 amide bonds. The minimum Gasteiger partial charge on any atom is -0.444 e. The third-order valence-electron chi connectivity index (χ3n) is 5.82. The molecule has 0 saturated carbocycles. The van der Waals surface area contributed by atoms with E-state index in [1.807, 2.05) is 81.4 Å². The number of hydrogen-bond donors (Lipinski definition) is 2. The fourth-order valence-electron chi connectivity index (χ4n) is 4.05. The predicted molar refractivity (Wildman–Crippen MR) is 154 cm³/mol. The van der Waals surface area contributed by atoms with Gasteiger partial charge in [0, 0.05) is 44.3 Å². The second kappa shape index (κ2) is 14.1. The lowest BCUT2D eigenvalue weighted by Gasteiger charge is -2.20. The van der Waals surface area contributed by atoms with Crippen molar-refractivity contribution < 1.29 is 14.3 Å². The summed E-state index contributed by atoms with van der Waals surface area (Å²) in [6.07, 6.45) is 5.55.